The van der Waals surface area contributed by atoms with Gasteiger partial charge in [-0.2, -0.15) is 8.42 Å². The van der Waals surface area contributed by atoms with Crippen LogP contribution in [0.1, 0.15) is 39.7 Å². The molecule has 0 bridgehead atoms. The number of carbonyl (C=O) groups excluding carboxylic acids is 2. The number of hydrogen-bond donors (Lipinski definition) is 1. The van der Waals surface area contributed by atoms with E-state index in [1.54, 1.807) is 20.8 Å². The molecular formula is C22H36N2O7S. The molecule has 0 aliphatic carbocycles. The summed E-state index contributed by atoms with van der Waals surface area (Å²) in [4.78, 5) is 26.0. The lowest BCUT2D eigenvalue weighted by molar-refractivity contribution is -0.169. The summed E-state index contributed by atoms with van der Waals surface area (Å²) in [7, 11) is -0.381. The van der Waals surface area contributed by atoms with Crippen LogP contribution in [0.2, 0.25) is 0 Å². The highest BCUT2D eigenvalue weighted by Crippen LogP contribution is 2.27. The molecule has 0 saturated heterocycles. The maximum absolute atomic E-state index is 12.8. The molecule has 1 aromatic rings. The van der Waals surface area contributed by atoms with Crippen molar-refractivity contribution in [2.45, 2.75) is 52.2 Å². The van der Waals surface area contributed by atoms with Crippen molar-refractivity contribution in [2.24, 2.45) is 5.41 Å². The Morgan fingerprint density at radius 1 is 1.16 bits per heavy atom. The number of hydrogen-bond acceptors (Lipinski definition) is 8. The fourth-order valence-corrected chi connectivity index (χ4v) is 4.12. The molecule has 0 aromatic heterocycles. The van der Waals surface area contributed by atoms with Crippen molar-refractivity contribution in [1.82, 2.24) is 10.2 Å². The maximum Gasteiger partial charge on any atom is 0.335 e. The summed E-state index contributed by atoms with van der Waals surface area (Å²) >= 11 is 0. The smallest absolute Gasteiger partial charge is 0.335 e. The van der Waals surface area contributed by atoms with Gasteiger partial charge in [0.05, 0.1) is 13.2 Å². The topological polar surface area (TPSA) is 111 Å². The fourth-order valence-electron chi connectivity index (χ4n) is 2.77. The molecule has 1 rings (SSSR count). The number of esters is 1. The van der Waals surface area contributed by atoms with Crippen molar-refractivity contribution in [3.05, 3.63) is 35.9 Å². The van der Waals surface area contributed by atoms with Crippen LogP contribution in [0.15, 0.2) is 30.3 Å². The van der Waals surface area contributed by atoms with Gasteiger partial charge in [0.15, 0.2) is 11.5 Å². The number of likely N-dealkylation sites (N-methyl/N-ethyl adjacent to an activating group) is 1. The number of nitrogens with zero attached hydrogens (tertiary/aromatic N) is 1. The molecule has 0 aliphatic heterocycles. The minimum Gasteiger partial charge on any atom is -0.462 e. The highest BCUT2D eigenvalue weighted by molar-refractivity contribution is 7.87. The first kappa shape index (κ1) is 28.0. The average Bonchev–Trinajstić information content (AvgIpc) is 2.71. The molecule has 0 saturated carbocycles. The lowest BCUT2D eigenvalue weighted by Gasteiger charge is -2.32. The highest BCUT2D eigenvalue weighted by Gasteiger charge is 2.40. The zero-order chi connectivity index (χ0) is 24.4. The molecule has 0 fully saturated rings. The number of carbonyl (C=O) groups is 2. The SMILES string of the molecule is CCC(NC(C)=O)S(=O)(=O)OCC(C)(C)[C@@H](OCc1ccccc1)C(=O)OCCN(C)C. The number of rotatable bonds is 14. The Kier molecular flexibility index (Phi) is 11.3. The van der Waals surface area contributed by atoms with E-state index >= 15 is 0 Å². The van der Waals surface area contributed by atoms with Gasteiger partial charge in [0.1, 0.15) is 6.61 Å². The summed E-state index contributed by atoms with van der Waals surface area (Å²) in [6, 6.07) is 9.31. The van der Waals surface area contributed by atoms with Gasteiger partial charge in [-0.3, -0.25) is 8.98 Å². The Balaban J connectivity index is 2.95. The lowest BCUT2D eigenvalue weighted by Crippen LogP contribution is -2.46. The molecule has 1 aromatic carbocycles. The Morgan fingerprint density at radius 2 is 1.78 bits per heavy atom. The molecule has 10 heteroatoms. The molecule has 9 nitrogen and oxygen atoms in total. The van der Waals surface area contributed by atoms with E-state index in [0.29, 0.717) is 6.54 Å². The lowest BCUT2D eigenvalue weighted by atomic mass is 9.87. The number of amides is 1. The molecule has 0 heterocycles. The van der Waals surface area contributed by atoms with E-state index in [0.717, 1.165) is 5.56 Å². The predicted octanol–water partition coefficient (Wildman–Crippen LogP) is 1.92. The first-order valence-electron chi connectivity index (χ1n) is 10.5. The van der Waals surface area contributed by atoms with Crippen LogP contribution in [0.25, 0.3) is 0 Å². The maximum atomic E-state index is 12.8. The third kappa shape index (κ3) is 9.64. The van der Waals surface area contributed by atoms with Gasteiger partial charge in [-0.25, -0.2) is 4.79 Å². The van der Waals surface area contributed by atoms with Gasteiger partial charge in [0, 0.05) is 18.9 Å². The largest absolute Gasteiger partial charge is 0.462 e. The zero-order valence-electron chi connectivity index (χ0n) is 19.8. The molecule has 2 atom stereocenters. The third-order valence-electron chi connectivity index (χ3n) is 4.64. The fraction of sp³-hybridized carbons (Fsp3) is 0.636. The number of ether oxygens (including phenoxy) is 2. The first-order chi connectivity index (χ1) is 14.9. The molecule has 182 valence electrons. The summed E-state index contributed by atoms with van der Waals surface area (Å²) in [5.41, 5.74) is -0.175. The van der Waals surface area contributed by atoms with E-state index in [1.165, 1.54) is 6.92 Å². The van der Waals surface area contributed by atoms with Gasteiger partial charge in [0.25, 0.3) is 10.1 Å². The molecule has 1 unspecified atom stereocenters. The molecule has 1 amide bonds. The average molecular weight is 473 g/mol. The van der Waals surface area contributed by atoms with Crippen LogP contribution in [-0.2, 0) is 40.0 Å². The van der Waals surface area contributed by atoms with Crippen molar-refractivity contribution in [2.75, 3.05) is 33.9 Å². The first-order valence-corrected chi connectivity index (χ1v) is 12.0. The Morgan fingerprint density at radius 3 is 2.31 bits per heavy atom. The van der Waals surface area contributed by atoms with E-state index < -0.39 is 38.9 Å². The molecule has 32 heavy (non-hydrogen) atoms. The second-order valence-corrected chi connectivity index (χ2v) is 10.3. The van der Waals surface area contributed by atoms with Crippen molar-refractivity contribution in [3.8, 4) is 0 Å². The van der Waals surface area contributed by atoms with E-state index in [1.807, 2.05) is 49.3 Å². The standard InChI is InChI=1S/C22H36N2O7S/c1-7-19(23-17(2)25)32(27,28)31-16-22(3,4)20(21(26)29-14-13-24(5)6)30-15-18-11-9-8-10-12-18/h8-12,19-20H,7,13-16H2,1-6H3,(H,23,25)/t19?,20-/m0/s1. The third-order valence-corrected chi connectivity index (χ3v) is 6.24. The molecule has 1 N–H and O–H groups in total. The van der Waals surface area contributed by atoms with E-state index in [4.69, 9.17) is 13.7 Å². The highest BCUT2D eigenvalue weighted by atomic mass is 32.2. The monoisotopic (exact) mass is 472 g/mol. The van der Waals surface area contributed by atoms with Crippen LogP contribution < -0.4 is 5.32 Å². The van der Waals surface area contributed by atoms with Crippen LogP contribution in [0.3, 0.4) is 0 Å². The van der Waals surface area contributed by atoms with Gasteiger partial charge >= 0.3 is 5.97 Å². The zero-order valence-corrected chi connectivity index (χ0v) is 20.6. The second kappa shape index (κ2) is 12.9. The number of benzene rings is 1. The van der Waals surface area contributed by atoms with Gasteiger partial charge in [-0.15, -0.1) is 0 Å². The van der Waals surface area contributed by atoms with Crippen LogP contribution in [0.5, 0.6) is 0 Å². The quantitative estimate of drug-likeness (QED) is 0.323. The Bertz CT molecular complexity index is 826. The molecular weight excluding hydrogens is 436 g/mol. The predicted molar refractivity (Wildman–Crippen MR) is 121 cm³/mol. The van der Waals surface area contributed by atoms with Crippen LogP contribution >= 0.6 is 0 Å². The van der Waals surface area contributed by atoms with E-state index in [2.05, 4.69) is 5.32 Å². The Labute approximate surface area is 191 Å². The van der Waals surface area contributed by atoms with Crippen LogP contribution in [0.4, 0.5) is 0 Å². The van der Waals surface area contributed by atoms with Gasteiger partial charge in [0.2, 0.25) is 5.91 Å². The minimum absolute atomic E-state index is 0.142. The minimum atomic E-state index is -4.10. The van der Waals surface area contributed by atoms with Crippen molar-refractivity contribution in [1.29, 1.82) is 0 Å². The molecule has 0 radical (unpaired) electrons. The van der Waals surface area contributed by atoms with Gasteiger partial charge in [-0.05, 0) is 26.1 Å². The van der Waals surface area contributed by atoms with Crippen molar-refractivity contribution in [3.63, 3.8) is 0 Å². The van der Waals surface area contributed by atoms with Crippen molar-refractivity contribution < 1.29 is 31.7 Å². The molecule has 0 spiro atoms. The summed E-state index contributed by atoms with van der Waals surface area (Å²) in [5.74, 6) is -1.07. The normalized spacial score (nSPS) is 14.1. The van der Waals surface area contributed by atoms with E-state index in [-0.39, 0.29) is 26.2 Å². The Hall–Kier alpha value is -2.01. The summed E-state index contributed by atoms with van der Waals surface area (Å²) in [5, 5.41) is 1.19. The van der Waals surface area contributed by atoms with Crippen molar-refractivity contribution >= 4 is 22.0 Å². The van der Waals surface area contributed by atoms with Crippen LogP contribution in [0, 0.1) is 5.41 Å². The summed E-state index contributed by atoms with van der Waals surface area (Å²) in [6.45, 7) is 6.74. The summed E-state index contributed by atoms with van der Waals surface area (Å²) < 4.78 is 41.6. The number of nitrogens with one attached hydrogen (secondary N) is 1. The second-order valence-electron chi connectivity index (χ2n) is 8.49. The van der Waals surface area contributed by atoms with Gasteiger partial charge < -0.3 is 19.7 Å². The van der Waals surface area contributed by atoms with Gasteiger partial charge in [-0.1, -0.05) is 51.1 Å². The summed E-state index contributed by atoms with van der Waals surface area (Å²) in [6.07, 6.45) is -0.927. The van der Waals surface area contributed by atoms with E-state index in [9.17, 15) is 18.0 Å². The van der Waals surface area contributed by atoms with Crippen LogP contribution in [-0.4, -0.2) is 70.5 Å². The molecule has 0 aliphatic rings.